The predicted molar refractivity (Wildman–Crippen MR) is 93.2 cm³/mol. The number of hydrogen-bond donors (Lipinski definition) is 0. The molecule has 1 atom stereocenters. The Kier molecular flexibility index (Phi) is 4.13. The van der Waals surface area contributed by atoms with Gasteiger partial charge < -0.3 is 4.74 Å². The van der Waals surface area contributed by atoms with Gasteiger partial charge in [-0.15, -0.1) is 23.2 Å². The second-order valence-corrected chi connectivity index (χ2v) is 7.51. The van der Waals surface area contributed by atoms with Crippen LogP contribution in [0.5, 0.6) is 5.75 Å². The fraction of sp³-hybridized carbons (Fsp3) is 0.368. The molecule has 1 aliphatic rings. The highest BCUT2D eigenvalue weighted by atomic mass is 35.5. The second-order valence-electron chi connectivity index (χ2n) is 6.03. The van der Waals surface area contributed by atoms with Crippen LogP contribution in [0.15, 0.2) is 48.5 Å². The summed E-state index contributed by atoms with van der Waals surface area (Å²) in [6, 6.07) is 16.6. The molecule has 2 aromatic carbocycles. The second kappa shape index (κ2) is 5.79. The van der Waals surface area contributed by atoms with Crippen LogP contribution >= 0.6 is 23.2 Å². The summed E-state index contributed by atoms with van der Waals surface area (Å²) in [5, 5.41) is 0. The van der Waals surface area contributed by atoms with Crippen molar-refractivity contribution in [3.05, 3.63) is 65.2 Å². The van der Waals surface area contributed by atoms with Crippen LogP contribution in [0.4, 0.5) is 0 Å². The summed E-state index contributed by atoms with van der Waals surface area (Å²) in [7, 11) is 0. The van der Waals surface area contributed by atoms with E-state index in [1.165, 1.54) is 11.1 Å². The van der Waals surface area contributed by atoms with E-state index in [1.807, 2.05) is 12.1 Å². The largest absolute Gasteiger partial charge is 0.494 e. The molecule has 0 aliphatic heterocycles. The molecule has 0 bridgehead atoms. The summed E-state index contributed by atoms with van der Waals surface area (Å²) in [6.07, 6.45) is 1.74. The molecule has 116 valence electrons. The van der Waals surface area contributed by atoms with Gasteiger partial charge in [0.25, 0.3) is 0 Å². The van der Waals surface area contributed by atoms with Gasteiger partial charge >= 0.3 is 0 Å². The van der Waals surface area contributed by atoms with Crippen LogP contribution in [-0.4, -0.2) is 10.9 Å². The van der Waals surface area contributed by atoms with Gasteiger partial charge in [0.2, 0.25) is 0 Å². The summed E-state index contributed by atoms with van der Waals surface area (Å²) >= 11 is 13.1. The Balaban J connectivity index is 1.94. The highest BCUT2D eigenvalue weighted by Gasteiger charge is 2.68. The lowest BCUT2D eigenvalue weighted by Crippen LogP contribution is -2.17. The predicted octanol–water partition coefficient (Wildman–Crippen LogP) is 5.65. The Morgan fingerprint density at radius 1 is 0.955 bits per heavy atom. The standard InChI is InChI=1S/C19H20Cl2O/c1-3-12-22-17-10-8-16(9-11-17)18(13-19(18,20)21)15-6-4-14(2)5-7-15/h4-11H,3,12-13H2,1-2H3. The van der Waals surface area contributed by atoms with Gasteiger partial charge in [-0.3, -0.25) is 0 Å². The molecule has 1 unspecified atom stereocenters. The monoisotopic (exact) mass is 334 g/mol. The Bertz CT molecular complexity index is 646. The summed E-state index contributed by atoms with van der Waals surface area (Å²) in [6.45, 7) is 4.91. The molecule has 0 radical (unpaired) electrons. The Labute approximate surface area is 142 Å². The zero-order valence-corrected chi connectivity index (χ0v) is 14.4. The molecule has 1 fully saturated rings. The van der Waals surface area contributed by atoms with Crippen molar-refractivity contribution >= 4 is 23.2 Å². The fourth-order valence-corrected chi connectivity index (χ4v) is 3.81. The third-order valence-corrected chi connectivity index (χ3v) is 5.26. The third kappa shape index (κ3) is 2.61. The van der Waals surface area contributed by atoms with E-state index in [-0.39, 0.29) is 5.41 Å². The summed E-state index contributed by atoms with van der Waals surface area (Å²) < 4.78 is 4.91. The number of benzene rings is 2. The van der Waals surface area contributed by atoms with E-state index in [0.717, 1.165) is 30.8 Å². The molecule has 0 aromatic heterocycles. The number of hydrogen-bond acceptors (Lipinski definition) is 1. The molecule has 1 saturated carbocycles. The van der Waals surface area contributed by atoms with Crippen molar-refractivity contribution in [2.45, 2.75) is 36.4 Å². The first-order valence-electron chi connectivity index (χ1n) is 7.68. The van der Waals surface area contributed by atoms with E-state index in [0.29, 0.717) is 0 Å². The summed E-state index contributed by atoms with van der Waals surface area (Å²) in [5.74, 6) is 0.889. The van der Waals surface area contributed by atoms with E-state index < -0.39 is 4.33 Å². The number of aryl methyl sites for hydroxylation is 1. The SMILES string of the molecule is CCCOc1ccc(C2(c3ccc(C)cc3)CC2(Cl)Cl)cc1. The van der Waals surface area contributed by atoms with Crippen LogP contribution in [-0.2, 0) is 5.41 Å². The molecule has 22 heavy (non-hydrogen) atoms. The first-order chi connectivity index (χ1) is 10.5. The molecular weight excluding hydrogens is 315 g/mol. The Morgan fingerprint density at radius 3 is 1.91 bits per heavy atom. The van der Waals surface area contributed by atoms with Gasteiger partial charge in [0.15, 0.2) is 0 Å². The molecule has 3 rings (SSSR count). The molecule has 1 aliphatic carbocycles. The van der Waals surface area contributed by atoms with Crippen molar-refractivity contribution in [3.63, 3.8) is 0 Å². The molecule has 2 aromatic rings. The maximum atomic E-state index is 6.53. The number of rotatable bonds is 5. The van der Waals surface area contributed by atoms with Gasteiger partial charge in [-0.25, -0.2) is 0 Å². The minimum absolute atomic E-state index is 0.312. The molecule has 3 heteroatoms. The van der Waals surface area contributed by atoms with Crippen LogP contribution in [0.3, 0.4) is 0 Å². The highest BCUT2D eigenvalue weighted by molar-refractivity contribution is 6.52. The molecule has 1 nitrogen and oxygen atoms in total. The molecular formula is C19H20Cl2O. The topological polar surface area (TPSA) is 9.23 Å². The molecule has 0 heterocycles. The van der Waals surface area contributed by atoms with E-state index in [4.69, 9.17) is 27.9 Å². The smallest absolute Gasteiger partial charge is 0.133 e. The van der Waals surface area contributed by atoms with Crippen molar-refractivity contribution in [3.8, 4) is 5.75 Å². The van der Waals surface area contributed by atoms with Gasteiger partial charge in [0.1, 0.15) is 10.1 Å². The molecule has 0 amide bonds. The van der Waals surface area contributed by atoms with Crippen LogP contribution in [0, 0.1) is 6.92 Å². The zero-order valence-electron chi connectivity index (χ0n) is 12.9. The van der Waals surface area contributed by atoms with Crippen LogP contribution in [0.1, 0.15) is 36.5 Å². The minimum atomic E-state index is -0.742. The van der Waals surface area contributed by atoms with E-state index in [2.05, 4.69) is 50.2 Å². The lowest BCUT2D eigenvalue weighted by atomic mass is 9.87. The van der Waals surface area contributed by atoms with Gasteiger partial charge in [-0.1, -0.05) is 48.9 Å². The van der Waals surface area contributed by atoms with Crippen LogP contribution < -0.4 is 4.74 Å². The first kappa shape index (κ1) is 15.7. The summed E-state index contributed by atoms with van der Waals surface area (Å²) in [5.41, 5.74) is 3.24. The highest BCUT2D eigenvalue weighted by Crippen LogP contribution is 2.68. The summed E-state index contributed by atoms with van der Waals surface area (Å²) in [4.78, 5) is 0. The van der Waals surface area contributed by atoms with E-state index >= 15 is 0 Å². The van der Waals surface area contributed by atoms with Crippen molar-refractivity contribution in [2.75, 3.05) is 6.61 Å². The van der Waals surface area contributed by atoms with Crippen molar-refractivity contribution < 1.29 is 4.74 Å². The van der Waals surface area contributed by atoms with E-state index in [9.17, 15) is 0 Å². The quantitative estimate of drug-likeness (QED) is 0.642. The van der Waals surface area contributed by atoms with Crippen molar-refractivity contribution in [2.24, 2.45) is 0 Å². The van der Waals surface area contributed by atoms with Crippen LogP contribution in [0.25, 0.3) is 0 Å². The van der Waals surface area contributed by atoms with Gasteiger partial charge in [-0.05, 0) is 43.0 Å². The lowest BCUT2D eigenvalue weighted by Gasteiger charge is -2.20. The average Bonchev–Trinajstić information content (AvgIpc) is 3.10. The fourth-order valence-electron chi connectivity index (χ4n) is 2.98. The number of halogens is 2. The molecule has 0 saturated heterocycles. The Morgan fingerprint density at radius 2 is 1.45 bits per heavy atom. The van der Waals surface area contributed by atoms with Crippen molar-refractivity contribution in [1.29, 1.82) is 0 Å². The van der Waals surface area contributed by atoms with Gasteiger partial charge in [0.05, 0.1) is 12.0 Å². The van der Waals surface area contributed by atoms with Crippen LogP contribution in [0.2, 0.25) is 0 Å². The average molecular weight is 335 g/mol. The third-order valence-electron chi connectivity index (χ3n) is 4.35. The van der Waals surface area contributed by atoms with Gasteiger partial charge in [0, 0.05) is 0 Å². The zero-order chi connectivity index (χ0) is 15.8. The van der Waals surface area contributed by atoms with E-state index in [1.54, 1.807) is 0 Å². The lowest BCUT2D eigenvalue weighted by molar-refractivity contribution is 0.317. The first-order valence-corrected chi connectivity index (χ1v) is 8.43. The maximum Gasteiger partial charge on any atom is 0.133 e. The maximum absolute atomic E-state index is 6.53. The Hall–Kier alpha value is -1.18. The number of alkyl halides is 2. The normalized spacial score (nSPS) is 22.4. The molecule has 0 N–H and O–H groups in total. The van der Waals surface area contributed by atoms with Gasteiger partial charge in [-0.2, -0.15) is 0 Å². The molecule has 0 spiro atoms. The number of ether oxygens (including phenoxy) is 1. The minimum Gasteiger partial charge on any atom is -0.494 e. The van der Waals surface area contributed by atoms with Crippen molar-refractivity contribution in [1.82, 2.24) is 0 Å².